The summed E-state index contributed by atoms with van der Waals surface area (Å²) < 4.78 is 17.9. The minimum absolute atomic E-state index is 0. The molecule has 7 heteroatoms. The van der Waals surface area contributed by atoms with Crippen molar-refractivity contribution in [1.29, 1.82) is 0 Å². The number of carbonyl (C=O) groups is 2. The van der Waals surface area contributed by atoms with Crippen LogP contribution in [0.4, 0.5) is 14.9 Å². The third-order valence-electron chi connectivity index (χ3n) is 2.00. The number of hydrogen-bond acceptors (Lipinski definition) is 3. The topological polar surface area (TPSA) is 79.2 Å². The average molecular weight is 328 g/mol. The van der Waals surface area contributed by atoms with Gasteiger partial charge in [-0.25, -0.2) is 4.39 Å². The first-order chi connectivity index (χ1) is 8.02. The van der Waals surface area contributed by atoms with E-state index in [0.717, 1.165) is 6.07 Å². The van der Waals surface area contributed by atoms with Gasteiger partial charge in [-0.2, -0.15) is 0 Å². The van der Waals surface area contributed by atoms with Crippen molar-refractivity contribution in [3.05, 3.63) is 35.3 Å². The van der Waals surface area contributed by atoms with Gasteiger partial charge < -0.3 is 15.8 Å². The third-order valence-corrected chi connectivity index (χ3v) is 2.00. The molecule has 5 nitrogen and oxygen atoms in total. The number of anilines is 1. The van der Waals surface area contributed by atoms with E-state index < -0.39 is 11.9 Å². The van der Waals surface area contributed by atoms with Crippen molar-refractivity contribution in [3.8, 4) is 0 Å². The fraction of sp³-hybridized carbons (Fsp3) is 0.273. The monoisotopic (exact) mass is 328 g/mol. The molecule has 0 atom stereocenters. The molecule has 0 saturated carbocycles. The largest absolute Gasteiger partial charge is 0.632 e. The van der Waals surface area contributed by atoms with Gasteiger partial charge in [0.15, 0.2) is 0 Å². The van der Waals surface area contributed by atoms with E-state index >= 15 is 0 Å². The molecule has 95 valence electrons. The minimum atomic E-state index is -1.17. The summed E-state index contributed by atoms with van der Waals surface area (Å²) >= 11 is 0. The molecule has 0 heterocycles. The Morgan fingerprint density at radius 3 is 2.61 bits per heavy atom. The van der Waals surface area contributed by atoms with E-state index in [0.29, 0.717) is 5.56 Å². The van der Waals surface area contributed by atoms with E-state index in [1.54, 1.807) is 6.92 Å². The summed E-state index contributed by atoms with van der Waals surface area (Å²) in [6.45, 7) is 1.50. The van der Waals surface area contributed by atoms with E-state index in [1.165, 1.54) is 12.1 Å². The van der Waals surface area contributed by atoms with Crippen LogP contribution in [0.25, 0.3) is 5.73 Å². The van der Waals surface area contributed by atoms with Crippen LogP contribution < -0.4 is 5.32 Å². The summed E-state index contributed by atoms with van der Waals surface area (Å²) in [5.74, 6) is -0.889. The Morgan fingerprint density at radius 1 is 1.44 bits per heavy atom. The molecular formula is C11H12FN2O3Y-. The Labute approximate surface area is 129 Å². The molecule has 1 rings (SSSR count). The zero-order valence-electron chi connectivity index (χ0n) is 9.83. The smallest absolute Gasteiger partial charge is 0.227 e. The van der Waals surface area contributed by atoms with Crippen molar-refractivity contribution in [2.75, 3.05) is 5.32 Å². The Hall–Kier alpha value is -1.01. The number of halogens is 1. The van der Waals surface area contributed by atoms with Crippen LogP contribution >= 0.6 is 0 Å². The number of nitrogens with one attached hydrogen (secondary N) is 2. The summed E-state index contributed by atoms with van der Waals surface area (Å²) in [6.07, 6.45) is -0.911. The van der Waals surface area contributed by atoms with Crippen LogP contribution in [0.2, 0.25) is 0 Å². The van der Waals surface area contributed by atoms with Gasteiger partial charge in [-0.15, -0.1) is 0 Å². The molecule has 0 bridgehead atoms. The van der Waals surface area contributed by atoms with Gasteiger partial charge in [-0.3, -0.25) is 9.59 Å². The van der Waals surface area contributed by atoms with Gasteiger partial charge in [0, 0.05) is 39.1 Å². The van der Waals surface area contributed by atoms with Crippen LogP contribution in [0.1, 0.15) is 18.9 Å². The van der Waals surface area contributed by atoms with Gasteiger partial charge >= 0.3 is 0 Å². The molecule has 2 amide bonds. The van der Waals surface area contributed by atoms with Gasteiger partial charge in [0.25, 0.3) is 0 Å². The summed E-state index contributed by atoms with van der Waals surface area (Å²) in [5.41, 5.74) is 7.02. The summed E-state index contributed by atoms with van der Waals surface area (Å²) in [5, 5.41) is 2.39. The van der Waals surface area contributed by atoms with Crippen LogP contribution in [0, 0.1) is 5.82 Å². The number of rotatable bonds is 4. The van der Waals surface area contributed by atoms with Crippen LogP contribution in [-0.2, 0) is 48.8 Å². The molecule has 0 aliphatic carbocycles. The molecule has 0 saturated heterocycles. The molecule has 18 heavy (non-hydrogen) atoms. The molecule has 2 N–H and O–H groups in total. The molecule has 1 aromatic rings. The van der Waals surface area contributed by atoms with Gasteiger partial charge in [0.05, 0.1) is 5.69 Å². The summed E-state index contributed by atoms with van der Waals surface area (Å²) in [4.78, 5) is 21.3. The fourth-order valence-electron chi connectivity index (χ4n) is 1.14. The second kappa shape index (κ2) is 8.16. The van der Waals surface area contributed by atoms with E-state index in [-0.39, 0.29) is 57.3 Å². The maximum Gasteiger partial charge on any atom is 0.227 e. The molecule has 0 aliphatic heterocycles. The second-order valence-electron chi connectivity index (χ2n) is 3.29. The molecule has 0 fully saturated rings. The second-order valence-corrected chi connectivity index (χ2v) is 3.29. The van der Waals surface area contributed by atoms with E-state index in [9.17, 15) is 14.0 Å². The maximum absolute atomic E-state index is 13.5. The zero-order valence-corrected chi connectivity index (χ0v) is 12.7. The Balaban J connectivity index is 0.00000289. The molecule has 1 aromatic carbocycles. The van der Waals surface area contributed by atoms with Crippen molar-refractivity contribution >= 4 is 17.7 Å². The number of hydrogen-bond donors (Lipinski definition) is 1. The first-order valence-electron chi connectivity index (χ1n) is 4.99. The number of carbonyl (C=O) groups excluding carboxylic acids is 2. The molecule has 1 radical (unpaired) electrons. The van der Waals surface area contributed by atoms with E-state index in [4.69, 9.17) is 5.73 Å². The summed E-state index contributed by atoms with van der Waals surface area (Å²) in [6, 6.07) is 4.04. The van der Waals surface area contributed by atoms with E-state index in [1.807, 2.05) is 0 Å². The Morgan fingerprint density at radius 2 is 2.11 bits per heavy atom. The number of ether oxygens (including phenoxy) is 1. The molecule has 0 unspecified atom stereocenters. The molecule has 0 spiro atoms. The average Bonchev–Trinajstić information content (AvgIpc) is 2.29. The van der Waals surface area contributed by atoms with Crippen LogP contribution in [0.3, 0.4) is 0 Å². The predicted octanol–water partition coefficient (Wildman–Crippen LogP) is 2.86. The Bertz CT molecular complexity index is 440. The molecular weight excluding hydrogens is 316 g/mol. The van der Waals surface area contributed by atoms with E-state index in [2.05, 4.69) is 10.1 Å². The predicted molar refractivity (Wildman–Crippen MR) is 59.8 cm³/mol. The fourth-order valence-corrected chi connectivity index (χ4v) is 1.14. The SMILES string of the molecule is CCC(=O)Nc1ccc(COC([NH-])=O)cc1F.[Y]. The number of amides is 2. The molecule has 0 aliphatic rings. The van der Waals surface area contributed by atoms with Crippen molar-refractivity contribution in [2.24, 2.45) is 0 Å². The zero-order chi connectivity index (χ0) is 12.8. The first-order valence-corrected chi connectivity index (χ1v) is 4.99. The van der Waals surface area contributed by atoms with Gasteiger partial charge in [-0.1, -0.05) is 13.0 Å². The van der Waals surface area contributed by atoms with Crippen LogP contribution in [0.15, 0.2) is 18.2 Å². The quantitative estimate of drug-likeness (QED) is 0.923. The van der Waals surface area contributed by atoms with Crippen molar-refractivity contribution in [3.63, 3.8) is 0 Å². The third kappa shape index (κ3) is 5.55. The molecule has 0 aromatic heterocycles. The minimum Gasteiger partial charge on any atom is -0.632 e. The van der Waals surface area contributed by atoms with Crippen molar-refractivity contribution in [1.82, 2.24) is 0 Å². The normalized spacial score (nSPS) is 9.22. The van der Waals surface area contributed by atoms with Crippen LogP contribution in [-0.4, -0.2) is 12.0 Å². The first kappa shape index (κ1) is 17.0. The van der Waals surface area contributed by atoms with Crippen molar-refractivity contribution in [2.45, 2.75) is 20.0 Å². The summed E-state index contributed by atoms with van der Waals surface area (Å²) in [7, 11) is 0. The van der Waals surface area contributed by atoms with Gasteiger partial charge in [-0.05, 0) is 17.7 Å². The van der Waals surface area contributed by atoms with Gasteiger partial charge in [0.2, 0.25) is 12.0 Å². The van der Waals surface area contributed by atoms with Gasteiger partial charge in [0.1, 0.15) is 12.4 Å². The standard InChI is InChI=1S/C11H13FN2O3.Y/c1-2-10(15)14-9-4-3-7(5-8(9)12)6-17-11(13)16;/h3-5H,2,6H2,1H3,(H3,13,14,15,16);/p-1. The number of benzene rings is 1. The van der Waals surface area contributed by atoms with Crippen LogP contribution in [0.5, 0.6) is 0 Å². The maximum atomic E-state index is 13.5. The van der Waals surface area contributed by atoms with Crippen molar-refractivity contribution < 1.29 is 51.4 Å². The Kier molecular flexibility index (Phi) is 7.70.